The monoisotopic (exact) mass is 289 g/mol. The second-order valence-corrected chi connectivity index (χ2v) is 5.82. The van der Waals surface area contributed by atoms with Crippen LogP contribution in [0.15, 0.2) is 30.3 Å². The predicted molar refractivity (Wildman–Crippen MR) is 80.7 cm³/mol. The molecular weight excluding hydrogens is 266 g/mol. The van der Waals surface area contributed by atoms with Gasteiger partial charge in [0.25, 0.3) is 0 Å². The number of carbonyl (C=O) groups excluding carboxylic acids is 1. The van der Waals surface area contributed by atoms with Gasteiger partial charge >= 0.3 is 5.97 Å². The van der Waals surface area contributed by atoms with Crippen LogP contribution in [0.4, 0.5) is 0 Å². The van der Waals surface area contributed by atoms with E-state index in [1.165, 1.54) is 0 Å². The van der Waals surface area contributed by atoms with Gasteiger partial charge in [-0.3, -0.25) is 4.79 Å². The Labute approximate surface area is 125 Å². The van der Waals surface area contributed by atoms with Crippen LogP contribution in [-0.2, 0) is 9.59 Å². The number of rotatable bonds is 5. The molecule has 0 spiro atoms. The average molecular weight is 289 g/mol. The molecule has 0 bridgehead atoms. The van der Waals surface area contributed by atoms with E-state index in [-0.39, 0.29) is 11.8 Å². The van der Waals surface area contributed by atoms with Crippen LogP contribution in [-0.4, -0.2) is 17.0 Å². The molecule has 4 heteroatoms. The van der Waals surface area contributed by atoms with Gasteiger partial charge in [-0.15, -0.1) is 0 Å². The summed E-state index contributed by atoms with van der Waals surface area (Å²) in [6.45, 7) is 2.18. The molecule has 0 aliphatic heterocycles. The number of aliphatic carboxylic acids is 1. The van der Waals surface area contributed by atoms with Crippen LogP contribution in [0.5, 0.6) is 0 Å². The highest BCUT2D eigenvalue weighted by Crippen LogP contribution is 2.31. The summed E-state index contributed by atoms with van der Waals surface area (Å²) in [7, 11) is 0. The van der Waals surface area contributed by atoms with Crippen LogP contribution >= 0.6 is 0 Å². The van der Waals surface area contributed by atoms with Crippen LogP contribution in [0.25, 0.3) is 0 Å². The Morgan fingerprint density at radius 3 is 2.33 bits per heavy atom. The molecule has 4 nitrogen and oxygen atoms in total. The van der Waals surface area contributed by atoms with Crippen LogP contribution < -0.4 is 5.32 Å². The molecule has 1 aromatic carbocycles. The summed E-state index contributed by atoms with van der Waals surface area (Å²) in [5.74, 6) is -0.464. The smallest absolute Gasteiger partial charge is 0.330 e. The first-order chi connectivity index (χ1) is 10.1. The number of nitrogens with one attached hydrogen (secondary N) is 1. The fourth-order valence-electron chi connectivity index (χ4n) is 3.03. The van der Waals surface area contributed by atoms with Crippen LogP contribution in [0.3, 0.4) is 0 Å². The van der Waals surface area contributed by atoms with E-state index in [4.69, 9.17) is 0 Å². The van der Waals surface area contributed by atoms with Gasteiger partial charge in [-0.2, -0.15) is 0 Å². The lowest BCUT2D eigenvalue weighted by Gasteiger charge is -2.28. The molecule has 1 amide bonds. The zero-order valence-electron chi connectivity index (χ0n) is 12.4. The van der Waals surface area contributed by atoms with Crippen molar-refractivity contribution < 1.29 is 14.7 Å². The van der Waals surface area contributed by atoms with Gasteiger partial charge in [-0.1, -0.05) is 43.7 Å². The maximum atomic E-state index is 12.3. The summed E-state index contributed by atoms with van der Waals surface area (Å²) in [6.07, 6.45) is 5.03. The van der Waals surface area contributed by atoms with Gasteiger partial charge < -0.3 is 10.4 Å². The highest BCUT2D eigenvalue weighted by molar-refractivity contribution is 5.85. The van der Waals surface area contributed by atoms with Crippen LogP contribution in [0, 0.1) is 11.8 Å². The summed E-state index contributed by atoms with van der Waals surface area (Å²) < 4.78 is 0. The van der Waals surface area contributed by atoms with Crippen molar-refractivity contribution in [3.05, 3.63) is 35.9 Å². The number of carboxylic acids is 1. The topological polar surface area (TPSA) is 66.4 Å². The van der Waals surface area contributed by atoms with Crippen molar-refractivity contribution in [3.63, 3.8) is 0 Å². The molecule has 0 radical (unpaired) electrons. The Hall–Kier alpha value is -1.84. The van der Waals surface area contributed by atoms with E-state index in [1.54, 1.807) is 24.3 Å². The van der Waals surface area contributed by atoms with E-state index in [9.17, 15) is 14.7 Å². The number of hydrogen-bond acceptors (Lipinski definition) is 2. The first kappa shape index (κ1) is 15.5. The predicted octanol–water partition coefficient (Wildman–Crippen LogP) is 3.14. The molecule has 1 aliphatic rings. The molecule has 21 heavy (non-hydrogen) atoms. The van der Waals surface area contributed by atoms with Crippen molar-refractivity contribution in [2.75, 3.05) is 0 Å². The Morgan fingerprint density at radius 2 is 1.81 bits per heavy atom. The van der Waals surface area contributed by atoms with E-state index >= 15 is 0 Å². The van der Waals surface area contributed by atoms with E-state index in [0.29, 0.717) is 5.56 Å². The van der Waals surface area contributed by atoms with E-state index in [1.807, 2.05) is 6.07 Å². The normalized spacial score (nSPS) is 23.3. The van der Waals surface area contributed by atoms with Crippen molar-refractivity contribution in [1.82, 2.24) is 5.32 Å². The van der Waals surface area contributed by atoms with E-state index in [2.05, 4.69) is 12.2 Å². The fourth-order valence-corrected chi connectivity index (χ4v) is 3.03. The summed E-state index contributed by atoms with van der Waals surface area (Å²) in [4.78, 5) is 23.7. The van der Waals surface area contributed by atoms with Crippen molar-refractivity contribution in [1.29, 1.82) is 0 Å². The van der Waals surface area contributed by atoms with Crippen molar-refractivity contribution in [3.8, 4) is 0 Å². The molecule has 1 fully saturated rings. The molecule has 1 atom stereocenters. The lowest BCUT2D eigenvalue weighted by atomic mass is 9.80. The van der Waals surface area contributed by atoms with Crippen molar-refractivity contribution >= 4 is 11.9 Å². The average Bonchev–Trinajstić information content (AvgIpc) is 2.53. The number of carbonyl (C=O) groups is 2. The third-order valence-electron chi connectivity index (χ3n) is 4.46. The van der Waals surface area contributed by atoms with Gasteiger partial charge in [-0.25, -0.2) is 4.79 Å². The third-order valence-corrected chi connectivity index (χ3v) is 4.46. The minimum Gasteiger partial charge on any atom is -0.479 e. The van der Waals surface area contributed by atoms with Gasteiger partial charge in [0.1, 0.15) is 0 Å². The second-order valence-electron chi connectivity index (χ2n) is 5.82. The van der Waals surface area contributed by atoms with Crippen molar-refractivity contribution in [2.24, 2.45) is 11.8 Å². The standard InChI is InChI=1S/C17H23NO3/c1-2-12-8-10-14(11-9-12)16(19)18-15(17(20)21)13-6-4-3-5-7-13/h3-7,12,14-15H,2,8-11H2,1H3,(H,18,19)(H,20,21). The first-order valence-electron chi connectivity index (χ1n) is 7.70. The zero-order chi connectivity index (χ0) is 15.2. The van der Waals surface area contributed by atoms with E-state index in [0.717, 1.165) is 38.0 Å². The minimum atomic E-state index is -1.02. The molecule has 1 saturated carbocycles. The summed E-state index contributed by atoms with van der Waals surface area (Å²) >= 11 is 0. The molecule has 0 saturated heterocycles. The molecule has 2 rings (SSSR count). The molecule has 1 aromatic rings. The van der Waals surface area contributed by atoms with Gasteiger partial charge in [-0.05, 0) is 37.2 Å². The van der Waals surface area contributed by atoms with Gasteiger partial charge in [0.2, 0.25) is 5.91 Å². The quantitative estimate of drug-likeness (QED) is 0.875. The number of hydrogen-bond donors (Lipinski definition) is 2. The molecule has 0 aromatic heterocycles. The van der Waals surface area contributed by atoms with Gasteiger partial charge in [0.05, 0.1) is 0 Å². The lowest BCUT2D eigenvalue weighted by Crippen LogP contribution is -2.39. The third kappa shape index (κ3) is 4.06. The summed E-state index contributed by atoms with van der Waals surface area (Å²) in [5.41, 5.74) is 0.612. The highest BCUT2D eigenvalue weighted by Gasteiger charge is 2.29. The largest absolute Gasteiger partial charge is 0.479 e. The Kier molecular flexibility index (Phi) is 5.37. The zero-order valence-corrected chi connectivity index (χ0v) is 12.4. The van der Waals surface area contributed by atoms with Gasteiger partial charge in [0, 0.05) is 5.92 Å². The first-order valence-corrected chi connectivity index (χ1v) is 7.70. The number of benzene rings is 1. The molecule has 114 valence electrons. The Balaban J connectivity index is 1.98. The van der Waals surface area contributed by atoms with Crippen molar-refractivity contribution in [2.45, 2.75) is 45.1 Å². The fraction of sp³-hybridized carbons (Fsp3) is 0.529. The van der Waals surface area contributed by atoms with Crippen LogP contribution in [0.1, 0.15) is 50.6 Å². The summed E-state index contributed by atoms with van der Waals surface area (Å²) in [6, 6.07) is 7.90. The molecular formula is C17H23NO3. The lowest BCUT2D eigenvalue weighted by molar-refractivity contribution is -0.143. The van der Waals surface area contributed by atoms with Crippen LogP contribution in [0.2, 0.25) is 0 Å². The molecule has 0 heterocycles. The molecule has 1 aliphatic carbocycles. The maximum absolute atomic E-state index is 12.3. The number of carboxylic acid groups (broad SMARTS) is 1. The number of amides is 1. The summed E-state index contributed by atoms with van der Waals surface area (Å²) in [5, 5.41) is 12.0. The second kappa shape index (κ2) is 7.25. The van der Waals surface area contributed by atoms with E-state index < -0.39 is 12.0 Å². The SMILES string of the molecule is CCC1CCC(C(=O)NC(C(=O)O)c2ccccc2)CC1. The molecule has 1 unspecified atom stereocenters. The van der Waals surface area contributed by atoms with Gasteiger partial charge in [0.15, 0.2) is 6.04 Å². The highest BCUT2D eigenvalue weighted by atomic mass is 16.4. The maximum Gasteiger partial charge on any atom is 0.330 e. The Bertz CT molecular complexity index is 478. The molecule has 2 N–H and O–H groups in total. The minimum absolute atomic E-state index is 0.0432. The Morgan fingerprint density at radius 1 is 1.19 bits per heavy atom.